The van der Waals surface area contributed by atoms with Crippen LogP contribution in [0.5, 0.6) is 0 Å². The Hall–Kier alpha value is -4.65. The Balaban J connectivity index is 1.52. The van der Waals surface area contributed by atoms with E-state index in [1.165, 1.54) is 11.6 Å². The monoisotopic (exact) mass is 519 g/mol. The Morgan fingerprint density at radius 2 is 1.77 bits per heavy atom. The first-order chi connectivity index (χ1) is 18.9. The number of hydrogen-bond acceptors (Lipinski definition) is 2. The zero-order valence-corrected chi connectivity index (χ0v) is 22.2. The smallest absolute Gasteiger partial charge is 0.308 e. The van der Waals surface area contributed by atoms with Crippen LogP contribution in [0.25, 0.3) is 11.5 Å². The van der Waals surface area contributed by atoms with Crippen molar-refractivity contribution in [1.82, 2.24) is 19.2 Å². The first-order valence-corrected chi connectivity index (χ1v) is 13.2. The normalized spacial score (nSPS) is 14.5. The van der Waals surface area contributed by atoms with E-state index in [1.54, 1.807) is 19.1 Å². The molecule has 6 rings (SSSR count). The highest BCUT2D eigenvalue weighted by atomic mass is 19.1. The molecule has 2 aromatic heterocycles. The van der Waals surface area contributed by atoms with Crippen molar-refractivity contribution >= 4 is 11.7 Å². The molecule has 3 aromatic carbocycles. The lowest BCUT2D eigenvalue weighted by Gasteiger charge is -2.31. The zero-order chi connectivity index (χ0) is 27.1. The summed E-state index contributed by atoms with van der Waals surface area (Å²) in [5, 5.41) is 7.84. The quantitative estimate of drug-likeness (QED) is 0.275. The van der Waals surface area contributed by atoms with Crippen LogP contribution in [0, 0.1) is 19.7 Å². The number of nitrogens with one attached hydrogen (secondary N) is 1. The van der Waals surface area contributed by atoms with E-state index in [9.17, 15) is 9.18 Å². The summed E-state index contributed by atoms with van der Waals surface area (Å²) < 4.78 is 18.4. The molecule has 1 aliphatic heterocycles. The molecule has 2 amide bonds. The number of urea groups is 1. The van der Waals surface area contributed by atoms with Gasteiger partial charge in [-0.05, 0) is 73.4 Å². The molecule has 0 fully saturated rings. The topological polar surface area (TPSA) is 55.1 Å². The average Bonchev–Trinajstić information content (AvgIpc) is 3.51. The number of carbonyl (C=O) groups is 1. The van der Waals surface area contributed by atoms with Gasteiger partial charge in [-0.15, -0.1) is 0 Å². The number of amides is 2. The van der Waals surface area contributed by atoms with Crippen molar-refractivity contribution in [2.75, 3.05) is 5.32 Å². The molecular formula is C32H30FN5O. The Labute approximate surface area is 227 Å². The molecule has 3 heterocycles. The first kappa shape index (κ1) is 24.7. The molecule has 0 bridgehead atoms. The third-order valence-corrected chi connectivity index (χ3v) is 7.47. The summed E-state index contributed by atoms with van der Waals surface area (Å²) in [5.74, 6) is 0.553. The number of carbonyl (C=O) groups excluding carboxylic acids is 1. The highest BCUT2D eigenvalue weighted by Crippen LogP contribution is 2.39. The van der Waals surface area contributed by atoms with Crippen LogP contribution in [-0.4, -0.2) is 25.3 Å². The minimum atomic E-state index is -0.378. The summed E-state index contributed by atoms with van der Waals surface area (Å²) in [7, 11) is 0. The molecule has 1 atom stereocenters. The third-order valence-electron chi connectivity index (χ3n) is 7.47. The van der Waals surface area contributed by atoms with Crippen LogP contribution >= 0.6 is 0 Å². The van der Waals surface area contributed by atoms with E-state index in [1.807, 2.05) is 59.1 Å². The molecule has 0 radical (unpaired) electrons. The second kappa shape index (κ2) is 9.91. The van der Waals surface area contributed by atoms with E-state index in [2.05, 4.69) is 47.1 Å². The fourth-order valence-corrected chi connectivity index (χ4v) is 5.30. The second-order valence-corrected chi connectivity index (χ2v) is 9.96. The van der Waals surface area contributed by atoms with Crippen LogP contribution in [0.2, 0.25) is 0 Å². The fraction of sp³-hybridized carbons (Fsp3) is 0.188. The van der Waals surface area contributed by atoms with Crippen molar-refractivity contribution in [2.24, 2.45) is 0 Å². The van der Waals surface area contributed by atoms with Crippen molar-refractivity contribution in [3.05, 3.63) is 131 Å². The van der Waals surface area contributed by atoms with Crippen LogP contribution < -0.4 is 5.32 Å². The maximum atomic E-state index is 14.3. The molecule has 196 valence electrons. The molecule has 0 aliphatic carbocycles. The van der Waals surface area contributed by atoms with E-state index in [0.29, 0.717) is 17.8 Å². The van der Waals surface area contributed by atoms with Crippen LogP contribution in [0.1, 0.15) is 46.6 Å². The summed E-state index contributed by atoms with van der Waals surface area (Å²) in [5.41, 5.74) is 6.86. The van der Waals surface area contributed by atoms with Crippen molar-refractivity contribution in [1.29, 1.82) is 0 Å². The Kier molecular flexibility index (Phi) is 6.27. The van der Waals surface area contributed by atoms with Crippen LogP contribution in [0.15, 0.2) is 91.1 Å². The Morgan fingerprint density at radius 3 is 2.49 bits per heavy atom. The summed E-state index contributed by atoms with van der Waals surface area (Å²) >= 11 is 0. The molecule has 6 nitrogen and oxygen atoms in total. The lowest BCUT2D eigenvalue weighted by Crippen LogP contribution is -2.38. The summed E-state index contributed by atoms with van der Waals surface area (Å²) in [6.45, 7) is 6.13. The number of para-hydroxylation sites is 1. The number of nitrogens with zero attached hydrogens (tertiary/aromatic N) is 4. The number of anilines is 1. The molecule has 0 unspecified atom stereocenters. The number of aryl methyl sites for hydroxylation is 3. The highest BCUT2D eigenvalue weighted by molar-refractivity contribution is 5.90. The van der Waals surface area contributed by atoms with Gasteiger partial charge in [-0.2, -0.15) is 5.10 Å². The molecule has 0 spiro atoms. The number of aromatic nitrogens is 3. The van der Waals surface area contributed by atoms with Crippen LogP contribution in [0.3, 0.4) is 0 Å². The predicted molar refractivity (Wildman–Crippen MR) is 151 cm³/mol. The third kappa shape index (κ3) is 4.40. The molecule has 0 saturated heterocycles. The van der Waals surface area contributed by atoms with Crippen molar-refractivity contribution < 1.29 is 9.18 Å². The van der Waals surface area contributed by atoms with Crippen molar-refractivity contribution in [3.8, 4) is 11.5 Å². The maximum Gasteiger partial charge on any atom is 0.322 e. The molecule has 39 heavy (non-hydrogen) atoms. The Bertz CT molecular complexity index is 1650. The number of hydrogen-bond donors (Lipinski definition) is 1. The number of halogens is 1. The summed E-state index contributed by atoms with van der Waals surface area (Å²) in [4.78, 5) is 15.8. The van der Waals surface area contributed by atoms with Gasteiger partial charge in [0, 0.05) is 17.4 Å². The van der Waals surface area contributed by atoms with Gasteiger partial charge in [-0.3, -0.25) is 0 Å². The lowest BCUT2D eigenvalue weighted by molar-refractivity contribution is 0.194. The maximum absolute atomic E-state index is 14.3. The van der Waals surface area contributed by atoms with Crippen LogP contribution in [-0.2, 0) is 13.0 Å². The summed E-state index contributed by atoms with van der Waals surface area (Å²) in [6.07, 6.45) is 2.96. The molecular weight excluding hydrogens is 489 g/mol. The van der Waals surface area contributed by atoms with Crippen LogP contribution in [0.4, 0.5) is 14.9 Å². The SMILES string of the molecule is CCc1ccc([C@H]2c3cccn3-c3c(c(C)nn3-c3ccccc3)CN2C(=O)Nc2ccc(C)c(F)c2)cc1. The highest BCUT2D eigenvalue weighted by Gasteiger charge is 2.36. The van der Waals surface area contributed by atoms with Gasteiger partial charge in [0.1, 0.15) is 11.6 Å². The number of rotatable bonds is 4. The molecule has 1 N–H and O–H groups in total. The first-order valence-electron chi connectivity index (χ1n) is 13.2. The molecule has 1 aliphatic rings. The van der Waals surface area contributed by atoms with E-state index >= 15 is 0 Å². The second-order valence-electron chi connectivity index (χ2n) is 9.96. The van der Waals surface area contributed by atoms with E-state index < -0.39 is 0 Å². The average molecular weight is 520 g/mol. The van der Waals surface area contributed by atoms with E-state index in [-0.39, 0.29) is 17.9 Å². The van der Waals surface area contributed by atoms with Gasteiger partial charge < -0.3 is 14.8 Å². The molecule has 5 aromatic rings. The number of benzene rings is 3. The van der Waals surface area contributed by atoms with E-state index in [4.69, 9.17) is 5.10 Å². The zero-order valence-electron chi connectivity index (χ0n) is 22.2. The van der Waals surface area contributed by atoms with Gasteiger partial charge in [-0.25, -0.2) is 13.9 Å². The minimum absolute atomic E-state index is 0.310. The molecule has 7 heteroatoms. The van der Waals surface area contributed by atoms with Crippen molar-refractivity contribution in [3.63, 3.8) is 0 Å². The van der Waals surface area contributed by atoms with Gasteiger partial charge in [-0.1, -0.05) is 55.5 Å². The molecule has 0 saturated carbocycles. The van der Waals surface area contributed by atoms with Gasteiger partial charge >= 0.3 is 6.03 Å². The standard InChI is InChI=1S/C32H30FN5O/c1-4-23-13-15-24(16-14-23)30-29-11-8-18-36(29)31-27(22(3)35-38(31)26-9-6-5-7-10-26)20-37(30)32(39)34-25-17-12-21(2)28(33)19-25/h5-19,30H,4,20H2,1-3H3,(H,34,39)/t30-/m0/s1. The van der Waals surface area contributed by atoms with E-state index in [0.717, 1.165) is 40.4 Å². The largest absolute Gasteiger partial charge is 0.322 e. The fourth-order valence-electron chi connectivity index (χ4n) is 5.30. The predicted octanol–water partition coefficient (Wildman–Crippen LogP) is 7.12. The van der Waals surface area contributed by atoms with Gasteiger partial charge in [0.15, 0.2) is 0 Å². The van der Waals surface area contributed by atoms with Gasteiger partial charge in [0.25, 0.3) is 0 Å². The van der Waals surface area contributed by atoms with Crippen molar-refractivity contribution in [2.45, 2.75) is 39.8 Å². The Morgan fingerprint density at radius 1 is 1.00 bits per heavy atom. The summed E-state index contributed by atoms with van der Waals surface area (Å²) in [6, 6.07) is 26.6. The lowest BCUT2D eigenvalue weighted by atomic mass is 9.99. The van der Waals surface area contributed by atoms with Gasteiger partial charge in [0.05, 0.1) is 29.7 Å². The van der Waals surface area contributed by atoms with Gasteiger partial charge in [0.2, 0.25) is 0 Å². The minimum Gasteiger partial charge on any atom is -0.308 e. The number of fused-ring (bicyclic) bond motifs is 3.